The van der Waals surface area contributed by atoms with Crippen LogP contribution in [0.1, 0.15) is 39.2 Å². The predicted molar refractivity (Wildman–Crippen MR) is 83.1 cm³/mol. The molecule has 0 aliphatic heterocycles. The zero-order chi connectivity index (χ0) is 15.2. The highest BCUT2D eigenvalue weighted by Gasteiger charge is 2.22. The van der Waals surface area contributed by atoms with Gasteiger partial charge in [0.2, 0.25) is 10.0 Å². The molecule has 0 bridgehead atoms. The standard InChI is InChI=1S/C15H26N2O2S/c1-5-6-11-17(4)20(18,19)15-10-8-7-9-14(15)12-16-13(2)3/h7-10,13,16H,5-6,11-12H2,1-4H3. The third kappa shape index (κ3) is 4.58. The Morgan fingerprint density at radius 3 is 2.50 bits per heavy atom. The molecular weight excluding hydrogens is 272 g/mol. The molecule has 0 atom stereocenters. The highest BCUT2D eigenvalue weighted by Crippen LogP contribution is 2.19. The van der Waals surface area contributed by atoms with E-state index in [0.717, 1.165) is 18.4 Å². The summed E-state index contributed by atoms with van der Waals surface area (Å²) in [5.74, 6) is 0. The first-order valence-electron chi connectivity index (χ1n) is 7.17. The highest BCUT2D eigenvalue weighted by atomic mass is 32.2. The Labute approximate surface area is 123 Å². The van der Waals surface area contributed by atoms with Gasteiger partial charge in [-0.05, 0) is 18.1 Å². The van der Waals surface area contributed by atoms with E-state index in [0.29, 0.717) is 24.0 Å². The lowest BCUT2D eigenvalue weighted by atomic mass is 10.2. The smallest absolute Gasteiger partial charge is 0.243 e. The van der Waals surface area contributed by atoms with Crippen molar-refractivity contribution in [1.29, 1.82) is 0 Å². The molecule has 1 aromatic rings. The van der Waals surface area contributed by atoms with E-state index in [-0.39, 0.29) is 0 Å². The molecule has 1 aromatic carbocycles. The number of sulfonamides is 1. The zero-order valence-corrected chi connectivity index (χ0v) is 13.7. The zero-order valence-electron chi connectivity index (χ0n) is 12.9. The van der Waals surface area contributed by atoms with Crippen LogP contribution in [0.15, 0.2) is 29.2 Å². The van der Waals surface area contributed by atoms with E-state index in [9.17, 15) is 8.42 Å². The van der Waals surface area contributed by atoms with Gasteiger partial charge in [-0.15, -0.1) is 0 Å². The number of hydrogen-bond donors (Lipinski definition) is 1. The molecule has 114 valence electrons. The second kappa shape index (κ2) is 7.76. The lowest BCUT2D eigenvalue weighted by Crippen LogP contribution is -2.30. The summed E-state index contributed by atoms with van der Waals surface area (Å²) in [5, 5.41) is 3.27. The molecule has 1 rings (SSSR count). The number of hydrogen-bond acceptors (Lipinski definition) is 3. The van der Waals surface area contributed by atoms with Crippen LogP contribution in [-0.4, -0.2) is 32.4 Å². The molecule has 0 saturated carbocycles. The minimum absolute atomic E-state index is 0.323. The van der Waals surface area contributed by atoms with Gasteiger partial charge < -0.3 is 5.32 Å². The Balaban J connectivity index is 2.99. The van der Waals surface area contributed by atoms with Crippen LogP contribution in [0.5, 0.6) is 0 Å². The van der Waals surface area contributed by atoms with Crippen LogP contribution in [-0.2, 0) is 16.6 Å². The summed E-state index contributed by atoms with van der Waals surface area (Å²) in [6.07, 6.45) is 1.86. The quantitative estimate of drug-likeness (QED) is 0.802. The summed E-state index contributed by atoms with van der Waals surface area (Å²) in [6, 6.07) is 7.54. The number of rotatable bonds is 8. The molecule has 0 saturated heterocycles. The van der Waals surface area contributed by atoms with Crippen LogP contribution in [0.2, 0.25) is 0 Å². The number of nitrogens with one attached hydrogen (secondary N) is 1. The van der Waals surface area contributed by atoms with Crippen LogP contribution >= 0.6 is 0 Å². The molecule has 0 radical (unpaired) electrons. The van der Waals surface area contributed by atoms with Crippen molar-refractivity contribution < 1.29 is 8.42 Å². The van der Waals surface area contributed by atoms with Crippen LogP contribution in [0, 0.1) is 0 Å². The fourth-order valence-corrected chi connectivity index (χ4v) is 3.31. The molecule has 0 aliphatic carbocycles. The molecule has 20 heavy (non-hydrogen) atoms. The van der Waals surface area contributed by atoms with E-state index in [2.05, 4.69) is 12.2 Å². The largest absolute Gasteiger partial charge is 0.310 e. The van der Waals surface area contributed by atoms with E-state index >= 15 is 0 Å². The molecule has 4 nitrogen and oxygen atoms in total. The van der Waals surface area contributed by atoms with Crippen molar-refractivity contribution in [2.45, 2.75) is 51.1 Å². The maximum atomic E-state index is 12.6. The lowest BCUT2D eigenvalue weighted by Gasteiger charge is -2.19. The normalized spacial score (nSPS) is 12.3. The fraction of sp³-hybridized carbons (Fsp3) is 0.600. The average molecular weight is 298 g/mol. The molecule has 0 amide bonds. The van der Waals surface area contributed by atoms with Crippen molar-refractivity contribution in [3.8, 4) is 0 Å². The Bertz CT molecular complexity index is 512. The van der Waals surface area contributed by atoms with Gasteiger partial charge in [0.15, 0.2) is 0 Å². The number of benzene rings is 1. The van der Waals surface area contributed by atoms with E-state index in [4.69, 9.17) is 0 Å². The maximum absolute atomic E-state index is 12.6. The Morgan fingerprint density at radius 2 is 1.90 bits per heavy atom. The van der Waals surface area contributed by atoms with Crippen LogP contribution in [0.3, 0.4) is 0 Å². The van der Waals surface area contributed by atoms with Gasteiger partial charge in [-0.2, -0.15) is 0 Å². The molecule has 0 aliphatic rings. The molecular formula is C15H26N2O2S. The second-order valence-corrected chi connectivity index (χ2v) is 7.34. The van der Waals surface area contributed by atoms with Crippen LogP contribution in [0.25, 0.3) is 0 Å². The van der Waals surface area contributed by atoms with Crippen molar-refractivity contribution in [2.24, 2.45) is 0 Å². The summed E-state index contributed by atoms with van der Waals surface area (Å²) in [5.41, 5.74) is 0.824. The van der Waals surface area contributed by atoms with Gasteiger partial charge in [-0.1, -0.05) is 45.4 Å². The summed E-state index contributed by atoms with van der Waals surface area (Å²) in [6.45, 7) is 7.27. The SMILES string of the molecule is CCCCN(C)S(=O)(=O)c1ccccc1CNC(C)C. The van der Waals surface area contributed by atoms with E-state index in [1.807, 2.05) is 26.0 Å². The van der Waals surface area contributed by atoms with Crippen molar-refractivity contribution in [2.75, 3.05) is 13.6 Å². The third-order valence-electron chi connectivity index (χ3n) is 3.19. The summed E-state index contributed by atoms with van der Waals surface area (Å²) in [4.78, 5) is 0.409. The first kappa shape index (κ1) is 17.1. The minimum atomic E-state index is -3.40. The fourth-order valence-electron chi connectivity index (χ4n) is 1.88. The maximum Gasteiger partial charge on any atom is 0.243 e. The molecule has 0 heterocycles. The molecule has 1 N–H and O–H groups in total. The number of nitrogens with zero attached hydrogens (tertiary/aromatic N) is 1. The van der Waals surface area contributed by atoms with Gasteiger partial charge in [0.1, 0.15) is 0 Å². The van der Waals surface area contributed by atoms with Crippen molar-refractivity contribution >= 4 is 10.0 Å². The lowest BCUT2D eigenvalue weighted by molar-refractivity contribution is 0.458. The van der Waals surface area contributed by atoms with Gasteiger partial charge in [0.05, 0.1) is 4.90 Å². The summed E-state index contributed by atoms with van der Waals surface area (Å²) < 4.78 is 26.7. The van der Waals surface area contributed by atoms with Gasteiger partial charge in [0, 0.05) is 26.2 Å². The average Bonchev–Trinajstić information content (AvgIpc) is 2.42. The molecule has 5 heteroatoms. The van der Waals surface area contributed by atoms with Crippen molar-refractivity contribution in [3.63, 3.8) is 0 Å². The predicted octanol–water partition coefficient (Wildman–Crippen LogP) is 2.61. The third-order valence-corrected chi connectivity index (χ3v) is 5.15. The van der Waals surface area contributed by atoms with Crippen molar-refractivity contribution in [1.82, 2.24) is 9.62 Å². The minimum Gasteiger partial charge on any atom is -0.310 e. The Hall–Kier alpha value is -0.910. The molecule has 0 aromatic heterocycles. The molecule has 0 spiro atoms. The van der Waals surface area contributed by atoms with Gasteiger partial charge in [-0.25, -0.2) is 12.7 Å². The van der Waals surface area contributed by atoms with Crippen LogP contribution in [0.4, 0.5) is 0 Å². The molecule has 0 unspecified atom stereocenters. The first-order valence-corrected chi connectivity index (χ1v) is 8.61. The van der Waals surface area contributed by atoms with Gasteiger partial charge in [0.25, 0.3) is 0 Å². The van der Waals surface area contributed by atoms with E-state index < -0.39 is 10.0 Å². The molecule has 0 fully saturated rings. The van der Waals surface area contributed by atoms with Crippen LogP contribution < -0.4 is 5.32 Å². The topological polar surface area (TPSA) is 49.4 Å². The highest BCUT2D eigenvalue weighted by molar-refractivity contribution is 7.89. The Morgan fingerprint density at radius 1 is 1.25 bits per heavy atom. The summed E-state index contributed by atoms with van der Waals surface area (Å²) in [7, 11) is -1.75. The van der Waals surface area contributed by atoms with Gasteiger partial charge in [-0.3, -0.25) is 0 Å². The monoisotopic (exact) mass is 298 g/mol. The first-order chi connectivity index (χ1) is 9.39. The van der Waals surface area contributed by atoms with E-state index in [1.165, 1.54) is 4.31 Å². The van der Waals surface area contributed by atoms with E-state index in [1.54, 1.807) is 19.2 Å². The van der Waals surface area contributed by atoms with Gasteiger partial charge >= 0.3 is 0 Å². The van der Waals surface area contributed by atoms with Crippen molar-refractivity contribution in [3.05, 3.63) is 29.8 Å². The second-order valence-electron chi connectivity index (χ2n) is 5.32. The Kier molecular flexibility index (Phi) is 6.65. The number of unbranched alkanes of at least 4 members (excludes halogenated alkanes) is 1. The summed E-state index contributed by atoms with van der Waals surface area (Å²) >= 11 is 0.